The third kappa shape index (κ3) is 4.55. The Hall–Kier alpha value is -1.51. The van der Waals surface area contributed by atoms with Gasteiger partial charge in [0.1, 0.15) is 6.61 Å². The number of fused-ring (bicyclic) bond motifs is 1. The number of methoxy groups -OCH3 is 1. The van der Waals surface area contributed by atoms with Gasteiger partial charge in [0, 0.05) is 33.4 Å². The SMILES string of the molecule is COCC(=O)N1C[C@H]2C[C@@H](n3cc(CN4CCCC4)nn3)[C@H](OCC3CC3)C[C@H]2C1. The van der Waals surface area contributed by atoms with Gasteiger partial charge in [-0.3, -0.25) is 9.69 Å². The molecule has 4 aliphatic rings. The van der Waals surface area contributed by atoms with Crippen LogP contribution in [0.3, 0.4) is 0 Å². The third-order valence-corrected chi connectivity index (χ3v) is 7.43. The highest BCUT2D eigenvalue weighted by Gasteiger charge is 2.45. The molecular weight excluding hydrogens is 382 g/mol. The van der Waals surface area contributed by atoms with Crippen LogP contribution in [0.2, 0.25) is 0 Å². The summed E-state index contributed by atoms with van der Waals surface area (Å²) in [6.07, 6.45) is 9.47. The van der Waals surface area contributed by atoms with Gasteiger partial charge in [0.05, 0.1) is 24.0 Å². The fraction of sp³-hybridized carbons (Fsp3) is 0.864. The smallest absolute Gasteiger partial charge is 0.248 e. The number of ether oxygens (including phenoxy) is 2. The van der Waals surface area contributed by atoms with E-state index >= 15 is 0 Å². The van der Waals surface area contributed by atoms with Gasteiger partial charge >= 0.3 is 0 Å². The first-order valence-corrected chi connectivity index (χ1v) is 11.7. The Bertz CT molecular complexity index is 730. The Labute approximate surface area is 178 Å². The molecule has 0 unspecified atom stereocenters. The van der Waals surface area contributed by atoms with Gasteiger partial charge in [-0.1, -0.05) is 5.21 Å². The molecule has 0 aromatic carbocycles. The lowest BCUT2D eigenvalue weighted by atomic mass is 9.77. The number of hydrogen-bond donors (Lipinski definition) is 0. The molecule has 3 heterocycles. The summed E-state index contributed by atoms with van der Waals surface area (Å²) in [4.78, 5) is 16.8. The summed E-state index contributed by atoms with van der Waals surface area (Å²) < 4.78 is 13.6. The van der Waals surface area contributed by atoms with E-state index in [9.17, 15) is 4.79 Å². The summed E-state index contributed by atoms with van der Waals surface area (Å²) >= 11 is 0. The molecule has 0 spiro atoms. The van der Waals surface area contributed by atoms with E-state index < -0.39 is 0 Å². The van der Waals surface area contributed by atoms with Crippen LogP contribution >= 0.6 is 0 Å². The number of nitrogens with zero attached hydrogens (tertiary/aromatic N) is 5. The van der Waals surface area contributed by atoms with Crippen LogP contribution in [0.15, 0.2) is 6.20 Å². The first-order chi connectivity index (χ1) is 14.7. The molecule has 8 nitrogen and oxygen atoms in total. The van der Waals surface area contributed by atoms with Crippen LogP contribution in [-0.2, 0) is 20.8 Å². The number of rotatable bonds is 8. The average Bonchev–Trinajstić information content (AvgIpc) is 3.12. The fourth-order valence-electron chi connectivity index (χ4n) is 5.53. The number of likely N-dealkylation sites (tertiary alicyclic amines) is 2. The predicted molar refractivity (Wildman–Crippen MR) is 111 cm³/mol. The van der Waals surface area contributed by atoms with E-state index in [-0.39, 0.29) is 24.7 Å². The van der Waals surface area contributed by atoms with Crippen molar-refractivity contribution in [1.29, 1.82) is 0 Å². The zero-order chi connectivity index (χ0) is 20.5. The van der Waals surface area contributed by atoms with Crippen molar-refractivity contribution in [3.8, 4) is 0 Å². The molecule has 2 saturated heterocycles. The highest BCUT2D eigenvalue weighted by molar-refractivity contribution is 5.77. The van der Waals surface area contributed by atoms with Crippen molar-refractivity contribution in [2.75, 3.05) is 46.5 Å². The molecule has 2 saturated carbocycles. The quantitative estimate of drug-likeness (QED) is 0.641. The maximum Gasteiger partial charge on any atom is 0.248 e. The molecule has 4 atom stereocenters. The summed E-state index contributed by atoms with van der Waals surface area (Å²) in [5.41, 5.74) is 1.06. The van der Waals surface area contributed by atoms with E-state index in [0.29, 0.717) is 11.8 Å². The van der Waals surface area contributed by atoms with Gasteiger partial charge in [-0.25, -0.2) is 4.68 Å². The van der Waals surface area contributed by atoms with E-state index in [1.165, 1.54) is 38.8 Å². The van der Waals surface area contributed by atoms with Crippen LogP contribution in [0.5, 0.6) is 0 Å². The molecule has 2 aliphatic heterocycles. The molecule has 166 valence electrons. The zero-order valence-corrected chi connectivity index (χ0v) is 18.1. The van der Waals surface area contributed by atoms with Crippen molar-refractivity contribution >= 4 is 5.91 Å². The molecule has 2 aliphatic carbocycles. The molecule has 5 rings (SSSR count). The van der Waals surface area contributed by atoms with Crippen molar-refractivity contribution in [2.45, 2.75) is 57.2 Å². The van der Waals surface area contributed by atoms with E-state index in [0.717, 1.165) is 50.7 Å². The zero-order valence-electron chi connectivity index (χ0n) is 18.1. The number of amides is 1. The summed E-state index contributed by atoms with van der Waals surface area (Å²) in [6, 6.07) is 0.210. The molecule has 1 aromatic heterocycles. The molecule has 30 heavy (non-hydrogen) atoms. The Balaban J connectivity index is 1.27. The van der Waals surface area contributed by atoms with E-state index in [1.54, 1.807) is 7.11 Å². The van der Waals surface area contributed by atoms with Crippen LogP contribution in [0, 0.1) is 17.8 Å². The lowest BCUT2D eigenvalue weighted by Gasteiger charge is -2.37. The van der Waals surface area contributed by atoms with Crippen molar-refractivity contribution in [1.82, 2.24) is 24.8 Å². The highest BCUT2D eigenvalue weighted by Crippen LogP contribution is 2.43. The molecule has 1 amide bonds. The molecule has 0 radical (unpaired) electrons. The molecule has 0 bridgehead atoms. The summed E-state index contributed by atoms with van der Waals surface area (Å²) in [6.45, 7) is 5.92. The Morgan fingerprint density at radius 1 is 1.17 bits per heavy atom. The van der Waals surface area contributed by atoms with Crippen LogP contribution in [-0.4, -0.2) is 83.3 Å². The van der Waals surface area contributed by atoms with Crippen LogP contribution in [0.1, 0.15) is 50.3 Å². The van der Waals surface area contributed by atoms with Crippen LogP contribution in [0.4, 0.5) is 0 Å². The van der Waals surface area contributed by atoms with Gasteiger partial charge < -0.3 is 14.4 Å². The Morgan fingerprint density at radius 3 is 2.67 bits per heavy atom. The molecule has 8 heteroatoms. The second-order valence-corrected chi connectivity index (χ2v) is 9.78. The topological polar surface area (TPSA) is 72.7 Å². The first-order valence-electron chi connectivity index (χ1n) is 11.7. The Morgan fingerprint density at radius 2 is 1.93 bits per heavy atom. The monoisotopic (exact) mass is 417 g/mol. The third-order valence-electron chi connectivity index (χ3n) is 7.43. The Kier molecular flexibility index (Phi) is 6.07. The van der Waals surface area contributed by atoms with E-state index in [2.05, 4.69) is 26.1 Å². The largest absolute Gasteiger partial charge is 0.376 e. The normalized spacial score (nSPS) is 32.0. The second-order valence-electron chi connectivity index (χ2n) is 9.78. The van der Waals surface area contributed by atoms with Crippen LogP contribution < -0.4 is 0 Å². The maximum atomic E-state index is 12.4. The minimum atomic E-state index is 0.104. The van der Waals surface area contributed by atoms with E-state index in [4.69, 9.17) is 9.47 Å². The van der Waals surface area contributed by atoms with Crippen molar-refractivity contribution in [2.24, 2.45) is 17.8 Å². The van der Waals surface area contributed by atoms with Crippen molar-refractivity contribution in [3.63, 3.8) is 0 Å². The van der Waals surface area contributed by atoms with Crippen LogP contribution in [0.25, 0.3) is 0 Å². The minimum Gasteiger partial charge on any atom is -0.376 e. The van der Waals surface area contributed by atoms with Gasteiger partial charge in [-0.2, -0.15) is 0 Å². The standard InChI is InChI=1S/C22H35N5O3/c1-29-15-22(28)26-10-17-8-20(21(9-18(17)11-26)30-14-16-4-5-16)27-13-19(23-24-27)12-25-6-2-3-7-25/h13,16-18,20-21H,2-12,14-15H2,1H3/t17-,18+,20-,21-/m1/s1. The highest BCUT2D eigenvalue weighted by atomic mass is 16.5. The van der Waals surface area contributed by atoms with Gasteiger partial charge in [0.15, 0.2) is 0 Å². The maximum absolute atomic E-state index is 12.4. The number of hydrogen-bond acceptors (Lipinski definition) is 6. The summed E-state index contributed by atoms with van der Waals surface area (Å²) in [5.74, 6) is 1.86. The number of carbonyl (C=O) groups excluding carboxylic acids is 1. The van der Waals surface area contributed by atoms with Crippen molar-refractivity contribution < 1.29 is 14.3 Å². The molecule has 1 aromatic rings. The van der Waals surface area contributed by atoms with Gasteiger partial charge in [0.2, 0.25) is 5.91 Å². The van der Waals surface area contributed by atoms with Gasteiger partial charge in [-0.05, 0) is 69.4 Å². The second kappa shape index (κ2) is 8.93. The van der Waals surface area contributed by atoms with Crippen molar-refractivity contribution in [3.05, 3.63) is 11.9 Å². The fourth-order valence-corrected chi connectivity index (χ4v) is 5.53. The average molecular weight is 418 g/mol. The summed E-state index contributed by atoms with van der Waals surface area (Å²) in [7, 11) is 1.59. The summed E-state index contributed by atoms with van der Waals surface area (Å²) in [5, 5.41) is 9.02. The number of aromatic nitrogens is 3. The van der Waals surface area contributed by atoms with Gasteiger partial charge in [0.25, 0.3) is 0 Å². The van der Waals surface area contributed by atoms with E-state index in [1.807, 2.05) is 4.90 Å². The first kappa shape index (κ1) is 20.4. The lowest BCUT2D eigenvalue weighted by molar-refractivity contribution is -0.134. The minimum absolute atomic E-state index is 0.104. The van der Waals surface area contributed by atoms with Gasteiger partial charge in [-0.15, -0.1) is 5.10 Å². The molecular formula is C22H35N5O3. The number of carbonyl (C=O) groups is 1. The molecule has 0 N–H and O–H groups in total. The lowest BCUT2D eigenvalue weighted by Crippen LogP contribution is -2.38. The predicted octanol–water partition coefficient (Wildman–Crippen LogP) is 1.72. The molecule has 4 fully saturated rings.